The summed E-state index contributed by atoms with van der Waals surface area (Å²) in [5.41, 5.74) is 2.56. The summed E-state index contributed by atoms with van der Waals surface area (Å²) >= 11 is 0. The standard InChI is InChI=1S/C24H22FN5O5/c25-15-9-27-16-4-6-21(32)30-11-18(22(15)23(16)30)26-7-1-2-14-10-29(24(33)35-14)13-3-5-19-17(8-13)28-20(31)12-34-19/h3-6,8-9,14,18,26H,1-2,7,10-12H2,(H,28,31)/t14-,18-/m0/s1. The van der Waals surface area contributed by atoms with Crippen LogP contribution < -0.4 is 25.8 Å². The van der Waals surface area contributed by atoms with Crippen LogP contribution in [-0.2, 0) is 16.1 Å². The van der Waals surface area contributed by atoms with Crippen LogP contribution in [0.1, 0.15) is 24.4 Å². The fourth-order valence-corrected chi connectivity index (χ4v) is 4.94. The molecule has 0 saturated carbocycles. The summed E-state index contributed by atoms with van der Waals surface area (Å²) in [5.74, 6) is -0.117. The van der Waals surface area contributed by atoms with Gasteiger partial charge in [-0.25, -0.2) is 9.18 Å². The molecule has 0 unspecified atom stereocenters. The van der Waals surface area contributed by atoms with Gasteiger partial charge in [0.1, 0.15) is 17.7 Å². The second kappa shape index (κ2) is 8.35. The topological polar surface area (TPSA) is 115 Å². The molecule has 1 aromatic carbocycles. The molecule has 2 amide bonds. The van der Waals surface area contributed by atoms with Gasteiger partial charge < -0.3 is 24.7 Å². The highest BCUT2D eigenvalue weighted by Gasteiger charge is 2.33. The Morgan fingerprint density at radius 3 is 2.94 bits per heavy atom. The number of aromatic nitrogens is 2. The first kappa shape index (κ1) is 21.5. The van der Waals surface area contributed by atoms with Gasteiger partial charge in [0, 0.05) is 23.9 Å². The molecule has 11 heteroatoms. The van der Waals surface area contributed by atoms with Crippen LogP contribution in [0.4, 0.5) is 20.6 Å². The monoisotopic (exact) mass is 479 g/mol. The number of hydrogen-bond donors (Lipinski definition) is 2. The molecule has 3 aliphatic heterocycles. The van der Waals surface area contributed by atoms with Gasteiger partial charge in [-0.2, -0.15) is 0 Å². The number of halogens is 1. The van der Waals surface area contributed by atoms with Gasteiger partial charge in [0.15, 0.2) is 6.61 Å². The zero-order valence-electron chi connectivity index (χ0n) is 18.6. The van der Waals surface area contributed by atoms with Crippen LogP contribution in [-0.4, -0.2) is 47.4 Å². The largest absolute Gasteiger partial charge is 0.482 e. The Hall–Kier alpha value is -3.99. The number of nitrogens with zero attached hydrogens (tertiary/aromatic N) is 3. The number of hydrogen-bond acceptors (Lipinski definition) is 7. The summed E-state index contributed by atoms with van der Waals surface area (Å²) in [4.78, 5) is 41.9. The third kappa shape index (κ3) is 3.77. The molecule has 0 aliphatic carbocycles. The number of fused-ring (bicyclic) bond motifs is 1. The van der Waals surface area contributed by atoms with Gasteiger partial charge in [-0.05, 0) is 43.7 Å². The van der Waals surface area contributed by atoms with Crippen LogP contribution in [0.2, 0.25) is 0 Å². The predicted octanol–water partition coefficient (Wildman–Crippen LogP) is 2.32. The lowest BCUT2D eigenvalue weighted by atomic mass is 10.1. The molecule has 2 aromatic heterocycles. The average molecular weight is 479 g/mol. The lowest BCUT2D eigenvalue weighted by Crippen LogP contribution is -2.28. The minimum atomic E-state index is -0.446. The van der Waals surface area contributed by atoms with Crippen molar-refractivity contribution < 1.29 is 23.5 Å². The quantitative estimate of drug-likeness (QED) is 0.522. The van der Waals surface area contributed by atoms with Crippen LogP contribution in [0.3, 0.4) is 0 Å². The molecule has 5 heterocycles. The van der Waals surface area contributed by atoms with Crippen molar-refractivity contribution in [3.05, 3.63) is 58.3 Å². The molecule has 35 heavy (non-hydrogen) atoms. The molecular weight excluding hydrogens is 457 g/mol. The van der Waals surface area contributed by atoms with Crippen LogP contribution in [0, 0.1) is 5.82 Å². The number of nitrogens with one attached hydrogen (secondary N) is 2. The molecular formula is C24H22FN5O5. The Labute approximate surface area is 198 Å². The normalized spacial score (nSPS) is 20.5. The lowest BCUT2D eigenvalue weighted by molar-refractivity contribution is -0.118. The van der Waals surface area contributed by atoms with E-state index in [4.69, 9.17) is 9.47 Å². The molecule has 6 rings (SSSR count). The van der Waals surface area contributed by atoms with Gasteiger partial charge in [-0.15, -0.1) is 0 Å². The van der Waals surface area contributed by atoms with Crippen molar-refractivity contribution >= 4 is 34.4 Å². The summed E-state index contributed by atoms with van der Waals surface area (Å²) in [6.45, 7) is 1.26. The second-order valence-electron chi connectivity index (χ2n) is 8.82. The number of ether oxygens (including phenoxy) is 2. The summed E-state index contributed by atoms with van der Waals surface area (Å²) in [6, 6.07) is 7.90. The highest BCUT2D eigenvalue weighted by atomic mass is 19.1. The van der Waals surface area contributed by atoms with Crippen molar-refractivity contribution in [2.75, 3.05) is 29.9 Å². The predicted molar refractivity (Wildman–Crippen MR) is 124 cm³/mol. The molecule has 1 saturated heterocycles. The Balaban J connectivity index is 1.06. The summed E-state index contributed by atoms with van der Waals surface area (Å²) < 4.78 is 27.0. The third-order valence-corrected chi connectivity index (χ3v) is 6.58. The molecule has 0 bridgehead atoms. The van der Waals surface area contributed by atoms with E-state index in [0.29, 0.717) is 66.2 Å². The van der Waals surface area contributed by atoms with E-state index in [0.717, 1.165) is 0 Å². The smallest absolute Gasteiger partial charge is 0.414 e. The maximum atomic E-state index is 14.6. The molecule has 0 spiro atoms. The van der Waals surface area contributed by atoms with Gasteiger partial charge in [0.2, 0.25) is 0 Å². The molecule has 10 nitrogen and oxygen atoms in total. The molecule has 3 aromatic rings. The van der Waals surface area contributed by atoms with E-state index >= 15 is 0 Å². The minimum absolute atomic E-state index is 0.0312. The van der Waals surface area contributed by atoms with Crippen LogP contribution in [0.15, 0.2) is 41.3 Å². The number of cyclic esters (lactones) is 1. The highest BCUT2D eigenvalue weighted by molar-refractivity contribution is 5.97. The van der Waals surface area contributed by atoms with Gasteiger partial charge in [-0.1, -0.05) is 0 Å². The molecule has 180 valence electrons. The number of amides is 2. The van der Waals surface area contributed by atoms with Gasteiger partial charge in [0.25, 0.3) is 11.5 Å². The number of anilines is 2. The maximum Gasteiger partial charge on any atom is 0.414 e. The minimum Gasteiger partial charge on any atom is -0.482 e. The molecule has 2 atom stereocenters. The second-order valence-corrected chi connectivity index (χ2v) is 8.82. The Morgan fingerprint density at radius 2 is 2.06 bits per heavy atom. The number of carbonyl (C=O) groups is 2. The Kier molecular flexibility index (Phi) is 5.14. The van der Waals surface area contributed by atoms with Gasteiger partial charge in [0.05, 0.1) is 35.5 Å². The summed E-state index contributed by atoms with van der Waals surface area (Å²) in [6.07, 6.45) is 1.76. The SMILES string of the molecule is O=C1COc2ccc(N3C[C@H](CCCN[C@H]4Cn5c(=O)ccc6ncc(F)c4c65)OC3=O)cc2N1. The first-order valence-electron chi connectivity index (χ1n) is 11.4. The molecule has 3 aliphatic rings. The van der Waals surface area contributed by atoms with E-state index in [2.05, 4.69) is 15.6 Å². The van der Waals surface area contributed by atoms with E-state index in [1.54, 1.807) is 28.8 Å². The fourth-order valence-electron chi connectivity index (χ4n) is 4.94. The first-order chi connectivity index (χ1) is 17.0. The lowest BCUT2D eigenvalue weighted by Gasteiger charge is -2.20. The Bertz CT molecular complexity index is 1420. The molecule has 0 radical (unpaired) electrons. The summed E-state index contributed by atoms with van der Waals surface area (Å²) in [7, 11) is 0. The van der Waals surface area contributed by atoms with E-state index in [1.165, 1.54) is 17.2 Å². The number of rotatable bonds is 6. The van der Waals surface area contributed by atoms with Crippen molar-refractivity contribution in [1.29, 1.82) is 0 Å². The van der Waals surface area contributed by atoms with Crippen LogP contribution in [0.5, 0.6) is 5.75 Å². The molecule has 2 N–H and O–H groups in total. The number of pyridine rings is 2. The van der Waals surface area contributed by atoms with Crippen molar-refractivity contribution in [2.45, 2.75) is 31.5 Å². The maximum absolute atomic E-state index is 14.6. The fraction of sp³-hybridized carbons (Fsp3) is 0.333. The van der Waals surface area contributed by atoms with Crippen LogP contribution in [0.25, 0.3) is 11.0 Å². The molecule has 1 fully saturated rings. The van der Waals surface area contributed by atoms with E-state index in [1.807, 2.05) is 0 Å². The zero-order chi connectivity index (χ0) is 24.1. The van der Waals surface area contributed by atoms with Crippen molar-refractivity contribution in [2.24, 2.45) is 0 Å². The van der Waals surface area contributed by atoms with Crippen molar-refractivity contribution in [3.63, 3.8) is 0 Å². The summed E-state index contributed by atoms with van der Waals surface area (Å²) in [5, 5.41) is 6.07. The number of benzene rings is 1. The van der Waals surface area contributed by atoms with E-state index in [9.17, 15) is 18.8 Å². The average Bonchev–Trinajstić information content (AvgIpc) is 3.42. The van der Waals surface area contributed by atoms with Gasteiger partial charge in [-0.3, -0.25) is 19.5 Å². The van der Waals surface area contributed by atoms with E-state index < -0.39 is 11.9 Å². The van der Waals surface area contributed by atoms with Crippen LogP contribution >= 0.6 is 0 Å². The third-order valence-electron chi connectivity index (χ3n) is 6.58. The first-order valence-corrected chi connectivity index (χ1v) is 11.4. The van der Waals surface area contributed by atoms with Crippen molar-refractivity contribution in [3.8, 4) is 5.75 Å². The van der Waals surface area contributed by atoms with Gasteiger partial charge >= 0.3 is 6.09 Å². The zero-order valence-corrected chi connectivity index (χ0v) is 18.6. The van der Waals surface area contributed by atoms with E-state index in [-0.39, 0.29) is 30.2 Å². The Morgan fingerprint density at radius 1 is 1.17 bits per heavy atom. The number of carbonyl (C=O) groups excluding carboxylic acids is 2. The highest BCUT2D eigenvalue weighted by Crippen LogP contribution is 2.34. The van der Waals surface area contributed by atoms with Crippen molar-refractivity contribution in [1.82, 2.24) is 14.9 Å².